The third kappa shape index (κ3) is 3.60. The first-order valence-corrected chi connectivity index (χ1v) is 5.97. The topological polar surface area (TPSA) is 52.9 Å². The summed E-state index contributed by atoms with van der Waals surface area (Å²) in [5.74, 6) is -0.724. The van der Waals surface area contributed by atoms with Gasteiger partial charge in [0.2, 0.25) is 5.91 Å². The van der Waals surface area contributed by atoms with Gasteiger partial charge in [0.25, 0.3) is 0 Å². The van der Waals surface area contributed by atoms with Crippen LogP contribution in [0.3, 0.4) is 0 Å². The average Bonchev–Trinajstić information content (AvgIpc) is 2.38. The van der Waals surface area contributed by atoms with Gasteiger partial charge in [-0.3, -0.25) is 4.79 Å². The number of nitrogens with zero attached hydrogens (tertiary/aromatic N) is 1. The molecule has 0 aliphatic carbocycles. The molecule has 0 bridgehead atoms. The number of carbonyl (C=O) groups excluding carboxylic acids is 1. The molecule has 0 spiro atoms. The normalized spacial score (nSPS) is 13.5. The van der Waals surface area contributed by atoms with Gasteiger partial charge in [-0.25, -0.2) is 0 Å². The molecule has 0 heterocycles. The molecule has 0 saturated heterocycles. The van der Waals surface area contributed by atoms with E-state index in [2.05, 4.69) is 5.32 Å². The van der Waals surface area contributed by atoms with Crippen LogP contribution in [-0.2, 0) is 4.79 Å². The summed E-state index contributed by atoms with van der Waals surface area (Å²) in [5, 5.41) is 11.8. The Balaban J connectivity index is 2.72. The van der Waals surface area contributed by atoms with Gasteiger partial charge < -0.3 is 5.32 Å². The predicted molar refractivity (Wildman–Crippen MR) is 67.0 cm³/mol. The van der Waals surface area contributed by atoms with Crippen LogP contribution in [0.15, 0.2) is 30.3 Å². The Morgan fingerprint density at radius 3 is 2.41 bits per heavy atom. The Bertz CT molecular complexity index is 394. The third-order valence-electron chi connectivity index (χ3n) is 2.81. The summed E-state index contributed by atoms with van der Waals surface area (Å²) in [4.78, 5) is 11.8. The molecule has 0 unspecified atom stereocenters. The fourth-order valence-corrected chi connectivity index (χ4v) is 1.71. The molecule has 1 amide bonds. The summed E-state index contributed by atoms with van der Waals surface area (Å²) in [6.45, 7) is 3.86. The largest absolute Gasteiger partial charge is 0.348 e. The van der Waals surface area contributed by atoms with Crippen molar-refractivity contribution in [2.75, 3.05) is 0 Å². The zero-order valence-electron chi connectivity index (χ0n) is 10.3. The highest BCUT2D eigenvalue weighted by atomic mass is 16.1. The minimum atomic E-state index is -0.548. The molecular weight excluding hydrogens is 212 g/mol. The highest BCUT2D eigenvalue weighted by Crippen LogP contribution is 2.16. The molecule has 1 rings (SSSR count). The predicted octanol–water partition coefficient (Wildman–Crippen LogP) is 2.80. The molecule has 3 heteroatoms. The van der Waals surface area contributed by atoms with E-state index >= 15 is 0 Å². The van der Waals surface area contributed by atoms with E-state index < -0.39 is 5.92 Å². The van der Waals surface area contributed by atoms with E-state index in [-0.39, 0.29) is 11.9 Å². The summed E-state index contributed by atoms with van der Waals surface area (Å²) in [6, 6.07) is 11.8. The van der Waals surface area contributed by atoms with Crippen molar-refractivity contribution in [3.8, 4) is 6.07 Å². The van der Waals surface area contributed by atoms with Gasteiger partial charge in [-0.05, 0) is 18.4 Å². The number of hydrogen-bond donors (Lipinski definition) is 1. The standard InChI is InChI=1S/C14H18N2O/c1-3-11(10-15)14(17)16-13(4-2)12-8-6-5-7-9-12/h5-9,11,13H,3-4H2,1-2H3,(H,16,17)/t11-,13-/m0/s1. The van der Waals surface area contributed by atoms with Crippen LogP contribution in [0.4, 0.5) is 0 Å². The second-order valence-electron chi connectivity index (χ2n) is 3.97. The summed E-state index contributed by atoms with van der Waals surface area (Å²) >= 11 is 0. The maximum atomic E-state index is 11.8. The van der Waals surface area contributed by atoms with Gasteiger partial charge in [0.15, 0.2) is 0 Å². The molecule has 1 aromatic rings. The van der Waals surface area contributed by atoms with Crippen molar-refractivity contribution >= 4 is 5.91 Å². The molecule has 17 heavy (non-hydrogen) atoms. The van der Waals surface area contributed by atoms with Gasteiger partial charge >= 0.3 is 0 Å². The van der Waals surface area contributed by atoms with Crippen molar-refractivity contribution in [2.45, 2.75) is 32.7 Å². The van der Waals surface area contributed by atoms with Gasteiger partial charge in [-0.2, -0.15) is 5.26 Å². The number of carbonyl (C=O) groups is 1. The van der Waals surface area contributed by atoms with Crippen molar-refractivity contribution < 1.29 is 4.79 Å². The molecular formula is C14H18N2O. The summed E-state index contributed by atoms with van der Waals surface area (Å²) in [7, 11) is 0. The van der Waals surface area contributed by atoms with Crippen LogP contribution < -0.4 is 5.32 Å². The first-order chi connectivity index (χ1) is 8.22. The number of benzene rings is 1. The molecule has 0 saturated carbocycles. The number of nitrogens with one attached hydrogen (secondary N) is 1. The lowest BCUT2D eigenvalue weighted by atomic mass is 10.0. The summed E-state index contributed by atoms with van der Waals surface area (Å²) in [6.07, 6.45) is 1.37. The molecule has 3 nitrogen and oxygen atoms in total. The molecule has 1 aromatic carbocycles. The lowest BCUT2D eigenvalue weighted by Crippen LogP contribution is -2.33. The van der Waals surface area contributed by atoms with E-state index in [0.29, 0.717) is 6.42 Å². The Labute approximate surface area is 102 Å². The van der Waals surface area contributed by atoms with Gasteiger partial charge in [0.1, 0.15) is 5.92 Å². The quantitative estimate of drug-likeness (QED) is 0.845. The number of hydrogen-bond acceptors (Lipinski definition) is 2. The van der Waals surface area contributed by atoms with Crippen molar-refractivity contribution in [3.05, 3.63) is 35.9 Å². The smallest absolute Gasteiger partial charge is 0.237 e. The Hall–Kier alpha value is -1.82. The maximum absolute atomic E-state index is 11.8. The maximum Gasteiger partial charge on any atom is 0.237 e. The van der Waals surface area contributed by atoms with E-state index in [1.165, 1.54) is 0 Å². The first kappa shape index (κ1) is 13.2. The summed E-state index contributed by atoms with van der Waals surface area (Å²) in [5.41, 5.74) is 1.08. The van der Waals surface area contributed by atoms with Crippen LogP contribution in [0.1, 0.15) is 38.3 Å². The van der Waals surface area contributed by atoms with Gasteiger partial charge in [0, 0.05) is 0 Å². The Morgan fingerprint density at radius 1 is 1.29 bits per heavy atom. The van der Waals surface area contributed by atoms with E-state index in [4.69, 9.17) is 5.26 Å². The minimum Gasteiger partial charge on any atom is -0.348 e. The number of rotatable bonds is 5. The monoisotopic (exact) mass is 230 g/mol. The van der Waals surface area contributed by atoms with E-state index in [1.54, 1.807) is 0 Å². The van der Waals surface area contributed by atoms with Crippen LogP contribution in [0.2, 0.25) is 0 Å². The van der Waals surface area contributed by atoms with E-state index in [0.717, 1.165) is 12.0 Å². The van der Waals surface area contributed by atoms with E-state index in [9.17, 15) is 4.79 Å². The Kier molecular flexibility index (Phi) is 5.22. The molecule has 90 valence electrons. The highest BCUT2D eigenvalue weighted by Gasteiger charge is 2.19. The molecule has 0 aliphatic rings. The van der Waals surface area contributed by atoms with E-state index in [1.807, 2.05) is 50.2 Å². The minimum absolute atomic E-state index is 0.00824. The van der Waals surface area contributed by atoms with Crippen molar-refractivity contribution in [2.24, 2.45) is 5.92 Å². The fourth-order valence-electron chi connectivity index (χ4n) is 1.71. The zero-order chi connectivity index (χ0) is 12.7. The molecule has 0 aromatic heterocycles. The molecule has 0 aliphatic heterocycles. The zero-order valence-corrected chi connectivity index (χ0v) is 10.3. The second-order valence-corrected chi connectivity index (χ2v) is 3.97. The van der Waals surface area contributed by atoms with Gasteiger partial charge in [0.05, 0.1) is 12.1 Å². The highest BCUT2D eigenvalue weighted by molar-refractivity contribution is 5.81. The van der Waals surface area contributed by atoms with Crippen LogP contribution in [0.5, 0.6) is 0 Å². The van der Waals surface area contributed by atoms with Crippen LogP contribution >= 0.6 is 0 Å². The van der Waals surface area contributed by atoms with Crippen molar-refractivity contribution in [1.82, 2.24) is 5.32 Å². The SMILES string of the molecule is CC[C@@H](C#N)C(=O)N[C@@H](CC)c1ccccc1. The first-order valence-electron chi connectivity index (χ1n) is 5.97. The molecule has 1 N–H and O–H groups in total. The lowest BCUT2D eigenvalue weighted by molar-refractivity contribution is -0.124. The average molecular weight is 230 g/mol. The Morgan fingerprint density at radius 2 is 1.94 bits per heavy atom. The van der Waals surface area contributed by atoms with Gasteiger partial charge in [-0.1, -0.05) is 44.2 Å². The fraction of sp³-hybridized carbons (Fsp3) is 0.429. The molecule has 0 radical (unpaired) electrons. The summed E-state index contributed by atoms with van der Waals surface area (Å²) < 4.78 is 0. The van der Waals surface area contributed by atoms with Crippen LogP contribution in [0, 0.1) is 17.2 Å². The van der Waals surface area contributed by atoms with Crippen LogP contribution in [-0.4, -0.2) is 5.91 Å². The molecule has 0 fully saturated rings. The van der Waals surface area contributed by atoms with Gasteiger partial charge in [-0.15, -0.1) is 0 Å². The van der Waals surface area contributed by atoms with Crippen molar-refractivity contribution in [3.63, 3.8) is 0 Å². The number of amides is 1. The number of nitriles is 1. The van der Waals surface area contributed by atoms with Crippen molar-refractivity contribution in [1.29, 1.82) is 5.26 Å². The molecule has 2 atom stereocenters. The van der Waals surface area contributed by atoms with Crippen LogP contribution in [0.25, 0.3) is 0 Å². The second kappa shape index (κ2) is 6.70. The lowest BCUT2D eigenvalue weighted by Gasteiger charge is -2.18. The third-order valence-corrected chi connectivity index (χ3v) is 2.81.